The lowest BCUT2D eigenvalue weighted by Crippen LogP contribution is -2.38. The summed E-state index contributed by atoms with van der Waals surface area (Å²) in [5.74, 6) is -0.0886. The van der Waals surface area contributed by atoms with E-state index in [0.717, 1.165) is 35.1 Å². The molecule has 2 aromatic carbocycles. The van der Waals surface area contributed by atoms with Crippen molar-refractivity contribution in [1.82, 2.24) is 0 Å². The van der Waals surface area contributed by atoms with Crippen LogP contribution >= 0.6 is 15.9 Å². The summed E-state index contributed by atoms with van der Waals surface area (Å²) in [5, 5.41) is 2.92. The van der Waals surface area contributed by atoms with E-state index in [1.807, 2.05) is 49.1 Å². The molecule has 5 heteroatoms. The predicted molar refractivity (Wildman–Crippen MR) is 104 cm³/mol. The van der Waals surface area contributed by atoms with Crippen LogP contribution < -0.4 is 10.2 Å². The number of carbonyl (C=O) groups is 2. The maximum absolute atomic E-state index is 12.5. The molecule has 1 heterocycles. The summed E-state index contributed by atoms with van der Waals surface area (Å²) < 4.78 is 0.931. The maximum atomic E-state index is 12.5. The van der Waals surface area contributed by atoms with Crippen molar-refractivity contribution in [3.63, 3.8) is 0 Å². The number of nitrogens with zero attached hydrogens (tertiary/aromatic N) is 1. The van der Waals surface area contributed by atoms with E-state index in [9.17, 15) is 9.59 Å². The number of rotatable bonds is 3. The van der Waals surface area contributed by atoms with Gasteiger partial charge in [0.1, 0.15) is 0 Å². The molecule has 0 aliphatic carbocycles. The first-order valence-electron chi connectivity index (χ1n) is 8.47. The number of nitrogens with one attached hydrogen (secondary N) is 1. The zero-order chi connectivity index (χ0) is 18.0. The number of hydrogen-bond donors (Lipinski definition) is 1. The van der Waals surface area contributed by atoms with Crippen molar-refractivity contribution in [1.29, 1.82) is 0 Å². The van der Waals surface area contributed by atoms with Crippen molar-refractivity contribution >= 4 is 39.1 Å². The number of amides is 2. The Morgan fingerprint density at radius 2 is 1.84 bits per heavy atom. The Hall–Kier alpha value is -2.14. The first-order chi connectivity index (χ1) is 12.0. The fraction of sp³-hybridized carbons (Fsp3) is 0.300. The maximum Gasteiger partial charge on any atom is 0.255 e. The van der Waals surface area contributed by atoms with Gasteiger partial charge in [-0.25, -0.2) is 0 Å². The topological polar surface area (TPSA) is 49.4 Å². The normalized spacial score (nSPS) is 13.5. The molecule has 1 aliphatic rings. The molecule has 2 aromatic rings. The van der Waals surface area contributed by atoms with Crippen LogP contribution in [-0.2, 0) is 11.2 Å². The van der Waals surface area contributed by atoms with Crippen LogP contribution in [0.5, 0.6) is 0 Å². The summed E-state index contributed by atoms with van der Waals surface area (Å²) in [5.41, 5.74) is 3.37. The molecule has 130 valence electrons. The molecule has 0 saturated carbocycles. The van der Waals surface area contributed by atoms with E-state index in [2.05, 4.69) is 21.2 Å². The van der Waals surface area contributed by atoms with E-state index in [1.165, 1.54) is 0 Å². The Morgan fingerprint density at radius 1 is 1.12 bits per heavy atom. The molecule has 1 N–H and O–H groups in total. The number of halogens is 1. The highest BCUT2D eigenvalue weighted by Gasteiger charge is 2.24. The average Bonchev–Trinajstić information content (AvgIpc) is 2.61. The summed E-state index contributed by atoms with van der Waals surface area (Å²) in [7, 11) is 0. The van der Waals surface area contributed by atoms with Gasteiger partial charge < -0.3 is 10.2 Å². The zero-order valence-corrected chi connectivity index (χ0v) is 16.0. The Bertz CT molecular complexity index is 800. The van der Waals surface area contributed by atoms with Crippen molar-refractivity contribution in [3.8, 4) is 0 Å². The molecule has 2 amide bonds. The van der Waals surface area contributed by atoms with Gasteiger partial charge in [-0.05, 0) is 54.8 Å². The van der Waals surface area contributed by atoms with Gasteiger partial charge in [0.2, 0.25) is 5.91 Å². The molecule has 0 bridgehead atoms. The lowest BCUT2D eigenvalue weighted by molar-refractivity contribution is -0.121. The van der Waals surface area contributed by atoms with E-state index < -0.39 is 0 Å². The fourth-order valence-corrected chi connectivity index (χ4v) is 3.26. The van der Waals surface area contributed by atoms with Crippen LogP contribution in [0.1, 0.15) is 36.2 Å². The molecule has 3 rings (SSSR count). The van der Waals surface area contributed by atoms with E-state index in [-0.39, 0.29) is 17.7 Å². The third kappa shape index (κ3) is 3.93. The van der Waals surface area contributed by atoms with Crippen molar-refractivity contribution in [3.05, 3.63) is 58.1 Å². The Balaban J connectivity index is 1.84. The third-order valence-electron chi connectivity index (χ3n) is 4.33. The van der Waals surface area contributed by atoms with Crippen LogP contribution in [0.3, 0.4) is 0 Å². The van der Waals surface area contributed by atoms with Crippen LogP contribution in [0.4, 0.5) is 11.4 Å². The minimum absolute atomic E-state index is 0.0491. The van der Waals surface area contributed by atoms with Gasteiger partial charge in [-0.15, -0.1) is 0 Å². The lowest BCUT2D eigenvalue weighted by atomic mass is 9.99. The minimum Gasteiger partial charge on any atom is -0.322 e. The first kappa shape index (κ1) is 17.7. The Morgan fingerprint density at radius 3 is 2.52 bits per heavy atom. The molecule has 4 nitrogen and oxygen atoms in total. The monoisotopic (exact) mass is 400 g/mol. The molecule has 25 heavy (non-hydrogen) atoms. The largest absolute Gasteiger partial charge is 0.322 e. The number of aryl methyl sites for hydroxylation is 1. The van der Waals surface area contributed by atoms with Gasteiger partial charge >= 0.3 is 0 Å². The van der Waals surface area contributed by atoms with Gasteiger partial charge in [0.15, 0.2) is 0 Å². The molecule has 0 atom stereocenters. The second kappa shape index (κ2) is 7.40. The van der Waals surface area contributed by atoms with Crippen LogP contribution in [-0.4, -0.2) is 18.4 Å². The average molecular weight is 401 g/mol. The van der Waals surface area contributed by atoms with Crippen molar-refractivity contribution < 1.29 is 9.59 Å². The zero-order valence-electron chi connectivity index (χ0n) is 14.4. The van der Waals surface area contributed by atoms with Gasteiger partial charge in [-0.3, -0.25) is 9.59 Å². The van der Waals surface area contributed by atoms with Gasteiger partial charge in [-0.1, -0.05) is 35.8 Å². The van der Waals surface area contributed by atoms with E-state index in [1.54, 1.807) is 12.1 Å². The van der Waals surface area contributed by atoms with Crippen molar-refractivity contribution in [2.75, 3.05) is 16.8 Å². The van der Waals surface area contributed by atoms with E-state index in [0.29, 0.717) is 11.3 Å². The van der Waals surface area contributed by atoms with Crippen molar-refractivity contribution in [2.24, 2.45) is 5.92 Å². The van der Waals surface area contributed by atoms with E-state index >= 15 is 0 Å². The molecule has 0 fully saturated rings. The highest BCUT2D eigenvalue weighted by atomic mass is 79.9. The minimum atomic E-state index is -0.162. The lowest BCUT2D eigenvalue weighted by Gasteiger charge is -2.31. The molecule has 1 aliphatic heterocycles. The third-order valence-corrected chi connectivity index (χ3v) is 4.86. The van der Waals surface area contributed by atoms with Crippen LogP contribution in [0.25, 0.3) is 0 Å². The van der Waals surface area contributed by atoms with Crippen LogP contribution in [0.15, 0.2) is 46.9 Å². The smallest absolute Gasteiger partial charge is 0.255 e. The quantitative estimate of drug-likeness (QED) is 0.815. The summed E-state index contributed by atoms with van der Waals surface area (Å²) >= 11 is 3.37. The van der Waals surface area contributed by atoms with E-state index in [4.69, 9.17) is 0 Å². The Kier molecular flexibility index (Phi) is 5.23. The van der Waals surface area contributed by atoms with Crippen LogP contribution in [0, 0.1) is 5.92 Å². The molecule has 0 unspecified atom stereocenters. The van der Waals surface area contributed by atoms with Gasteiger partial charge in [0, 0.05) is 33.9 Å². The highest BCUT2D eigenvalue weighted by Crippen LogP contribution is 2.31. The fourth-order valence-electron chi connectivity index (χ4n) is 3.00. The number of hydrogen-bond acceptors (Lipinski definition) is 2. The predicted octanol–water partition coefficient (Wildman–Crippen LogP) is 4.64. The standard InChI is InChI=1S/C20H21BrN2O2/c1-13(2)20(25)23-11-3-4-14-7-10-17(12-18(14)23)22-19(24)15-5-8-16(21)9-6-15/h5-10,12-13H,3-4,11H2,1-2H3,(H,22,24). The first-order valence-corrected chi connectivity index (χ1v) is 9.26. The molecule has 0 aromatic heterocycles. The van der Waals surface area contributed by atoms with Gasteiger partial charge in [-0.2, -0.15) is 0 Å². The highest BCUT2D eigenvalue weighted by molar-refractivity contribution is 9.10. The van der Waals surface area contributed by atoms with Crippen LogP contribution in [0.2, 0.25) is 0 Å². The number of anilines is 2. The SMILES string of the molecule is CC(C)C(=O)N1CCCc2ccc(NC(=O)c3ccc(Br)cc3)cc21. The van der Waals surface area contributed by atoms with Gasteiger partial charge in [0.05, 0.1) is 0 Å². The number of carbonyl (C=O) groups excluding carboxylic acids is 2. The summed E-state index contributed by atoms with van der Waals surface area (Å²) in [6.45, 7) is 4.56. The molecular formula is C20H21BrN2O2. The Labute approximate surface area is 156 Å². The molecule has 0 saturated heterocycles. The second-order valence-electron chi connectivity index (χ2n) is 6.55. The molecule has 0 radical (unpaired) electrons. The summed E-state index contributed by atoms with van der Waals surface area (Å²) in [6.07, 6.45) is 1.92. The summed E-state index contributed by atoms with van der Waals surface area (Å²) in [4.78, 5) is 26.7. The molecule has 0 spiro atoms. The number of fused-ring (bicyclic) bond motifs is 1. The second-order valence-corrected chi connectivity index (χ2v) is 7.47. The van der Waals surface area contributed by atoms with Gasteiger partial charge in [0.25, 0.3) is 5.91 Å². The number of benzene rings is 2. The summed E-state index contributed by atoms with van der Waals surface area (Å²) in [6, 6.07) is 13.0. The molecular weight excluding hydrogens is 380 g/mol. The van der Waals surface area contributed by atoms with Crippen molar-refractivity contribution in [2.45, 2.75) is 26.7 Å².